The first-order valence-electron chi connectivity index (χ1n) is 12.5. The Hall–Kier alpha value is -0.150. The van der Waals surface area contributed by atoms with Crippen LogP contribution < -0.4 is 12.4 Å². The molecule has 7 nitrogen and oxygen atoms in total. The van der Waals surface area contributed by atoms with Crippen molar-refractivity contribution in [3.63, 3.8) is 0 Å². The molecule has 0 atom stereocenters. The maximum atomic E-state index is 11.4. The summed E-state index contributed by atoms with van der Waals surface area (Å²) in [4.78, 5) is 21.3. The quantitative estimate of drug-likeness (QED) is 0.403. The lowest BCUT2D eigenvalue weighted by Gasteiger charge is -2.37. The van der Waals surface area contributed by atoms with Crippen molar-refractivity contribution in [2.75, 3.05) is 105 Å². The van der Waals surface area contributed by atoms with E-state index in [1.165, 1.54) is 63.1 Å². The van der Waals surface area contributed by atoms with Crippen LogP contribution in [0, 0.1) is 0 Å². The fraction of sp³-hybridized carbons (Fsp3) is 0.957. The minimum atomic E-state index is -0.702. The predicted octanol–water partition coefficient (Wildman–Crippen LogP) is -1.22. The smallest absolute Gasteiger partial charge is 0.317 e. The van der Waals surface area contributed by atoms with Crippen LogP contribution in [0.15, 0.2) is 0 Å². The predicted molar refractivity (Wildman–Crippen MR) is 131 cm³/mol. The van der Waals surface area contributed by atoms with Gasteiger partial charge in [0.05, 0.1) is 32.7 Å². The van der Waals surface area contributed by atoms with Crippen LogP contribution >= 0.6 is 12.4 Å². The molecule has 0 aromatic rings. The molecule has 32 heavy (non-hydrogen) atoms. The van der Waals surface area contributed by atoms with Gasteiger partial charge in [0, 0.05) is 58.8 Å². The maximum absolute atomic E-state index is 11.4. The van der Waals surface area contributed by atoms with Crippen molar-refractivity contribution in [2.24, 2.45) is 0 Å². The van der Waals surface area contributed by atoms with Crippen molar-refractivity contribution in [1.82, 2.24) is 19.6 Å². The summed E-state index contributed by atoms with van der Waals surface area (Å²) in [5.41, 5.74) is 0. The minimum absolute atomic E-state index is 0. The Balaban J connectivity index is 0.00000480. The summed E-state index contributed by atoms with van der Waals surface area (Å²) in [6.07, 6.45) is 3.51. The number of carboxylic acid groups (broad SMARTS) is 1. The molecule has 0 amide bonds. The van der Waals surface area contributed by atoms with Gasteiger partial charge in [-0.25, -0.2) is 0 Å². The molecule has 0 aromatic heterocycles. The monoisotopic (exact) mass is 497 g/mol. The van der Waals surface area contributed by atoms with Crippen LogP contribution in [-0.2, 0) is 4.79 Å². The Morgan fingerprint density at radius 3 is 1.69 bits per heavy atom. The third-order valence-corrected chi connectivity index (χ3v) is 7.57. The molecule has 1 N–H and O–H groups in total. The van der Waals surface area contributed by atoms with Crippen LogP contribution in [0.25, 0.3) is 0 Å². The maximum Gasteiger partial charge on any atom is 0.317 e. The zero-order chi connectivity index (χ0) is 21.8. The van der Waals surface area contributed by atoms with Gasteiger partial charge in [-0.2, -0.15) is 0 Å². The van der Waals surface area contributed by atoms with Crippen molar-refractivity contribution >= 4 is 18.4 Å². The van der Waals surface area contributed by atoms with Crippen LogP contribution in [0.1, 0.15) is 40.0 Å². The van der Waals surface area contributed by atoms with E-state index in [1.807, 2.05) is 0 Å². The largest absolute Gasteiger partial charge is 1.00 e. The summed E-state index contributed by atoms with van der Waals surface area (Å²) in [6.45, 7) is 24.0. The molecule has 3 aliphatic rings. The summed E-state index contributed by atoms with van der Waals surface area (Å²) < 4.78 is 1.21. The van der Waals surface area contributed by atoms with Gasteiger partial charge in [-0.05, 0) is 53.2 Å². The average molecular weight is 499 g/mol. The van der Waals surface area contributed by atoms with Crippen LogP contribution in [0.4, 0.5) is 0 Å². The molecule has 9 heteroatoms. The van der Waals surface area contributed by atoms with E-state index in [-0.39, 0.29) is 31.4 Å². The number of halogens is 2. The number of carboxylic acids is 1. The number of hydrogen-bond acceptors (Lipinski definition) is 5. The molecule has 0 radical (unpaired) electrons. The first-order valence-corrected chi connectivity index (χ1v) is 12.5. The van der Waals surface area contributed by atoms with Crippen molar-refractivity contribution in [1.29, 1.82) is 0 Å². The molecule has 3 aliphatic heterocycles. The number of hydrogen-bond donors (Lipinski definition) is 1. The van der Waals surface area contributed by atoms with Crippen LogP contribution in [0.3, 0.4) is 0 Å². The first-order chi connectivity index (χ1) is 14.5. The van der Waals surface area contributed by atoms with Gasteiger partial charge in [-0.15, -0.1) is 12.4 Å². The SMILES string of the molecule is CC[N+](CC)(CC)CCCN1CCCN2CCN(CCCN(CC(=O)O)CC1)CC2.Cl.[Cl-]. The van der Waals surface area contributed by atoms with E-state index in [0.717, 1.165) is 58.8 Å². The topological polar surface area (TPSA) is 50.3 Å². The van der Waals surface area contributed by atoms with E-state index in [2.05, 4.69) is 40.4 Å². The summed E-state index contributed by atoms with van der Waals surface area (Å²) in [6, 6.07) is 0. The zero-order valence-corrected chi connectivity index (χ0v) is 22.4. The number of piperazine rings is 1. The van der Waals surface area contributed by atoms with E-state index in [9.17, 15) is 9.90 Å². The summed E-state index contributed by atoms with van der Waals surface area (Å²) in [5.74, 6) is -0.702. The second kappa shape index (κ2) is 17.3. The normalized spacial score (nSPS) is 24.2. The Morgan fingerprint density at radius 2 is 1.22 bits per heavy atom. The lowest BCUT2D eigenvalue weighted by molar-refractivity contribution is -0.923. The minimum Gasteiger partial charge on any atom is -1.00 e. The lowest BCUT2D eigenvalue weighted by Crippen LogP contribution is -3.00. The van der Waals surface area contributed by atoms with Crippen LogP contribution in [0.5, 0.6) is 0 Å². The molecule has 3 heterocycles. The van der Waals surface area contributed by atoms with Crippen molar-refractivity contribution in [2.45, 2.75) is 40.0 Å². The highest BCUT2D eigenvalue weighted by Gasteiger charge is 2.22. The Kier molecular flexibility index (Phi) is 17.2. The number of aliphatic carboxylic acids is 1. The highest BCUT2D eigenvalue weighted by Crippen LogP contribution is 2.10. The van der Waals surface area contributed by atoms with E-state index in [1.54, 1.807) is 0 Å². The summed E-state index contributed by atoms with van der Waals surface area (Å²) >= 11 is 0. The second-order valence-corrected chi connectivity index (χ2v) is 9.27. The van der Waals surface area contributed by atoms with Gasteiger partial charge in [0.25, 0.3) is 0 Å². The number of nitrogens with zero attached hydrogens (tertiary/aromatic N) is 5. The number of quaternary nitrogens is 1. The number of rotatable bonds is 9. The van der Waals surface area contributed by atoms with Gasteiger partial charge in [0.1, 0.15) is 0 Å². The second-order valence-electron chi connectivity index (χ2n) is 9.27. The third kappa shape index (κ3) is 11.3. The standard InChI is InChI=1S/C23H47N5O2.2ClH/c1-4-28(5-2,6-3)21-9-14-24-10-7-11-25-15-17-26(18-16-25)12-8-13-27(20-19-24)22-23(29)30;;/h4-22H2,1-3H3;2*1H. The first kappa shape index (κ1) is 31.9. The molecule has 3 saturated heterocycles. The van der Waals surface area contributed by atoms with Gasteiger partial charge >= 0.3 is 5.97 Å². The highest BCUT2D eigenvalue weighted by atomic mass is 35.5. The molecule has 0 unspecified atom stereocenters. The number of carbonyl (C=O) groups is 1. The molecule has 0 saturated carbocycles. The third-order valence-electron chi connectivity index (χ3n) is 7.57. The fourth-order valence-electron chi connectivity index (χ4n) is 5.13. The van der Waals surface area contributed by atoms with E-state index in [4.69, 9.17) is 0 Å². The van der Waals surface area contributed by atoms with Crippen LogP contribution in [0.2, 0.25) is 0 Å². The Morgan fingerprint density at radius 1 is 0.750 bits per heavy atom. The molecular weight excluding hydrogens is 449 g/mol. The summed E-state index contributed by atoms with van der Waals surface area (Å²) in [5, 5.41) is 9.35. The molecule has 2 bridgehead atoms. The van der Waals surface area contributed by atoms with Crippen molar-refractivity contribution < 1.29 is 26.8 Å². The van der Waals surface area contributed by atoms with Crippen molar-refractivity contribution in [3.8, 4) is 0 Å². The molecule has 3 fully saturated rings. The van der Waals surface area contributed by atoms with Gasteiger partial charge in [-0.3, -0.25) is 9.69 Å². The lowest BCUT2D eigenvalue weighted by atomic mass is 10.2. The molecule has 0 aliphatic carbocycles. The number of fused-ring (bicyclic) bond motifs is 11. The van der Waals surface area contributed by atoms with Gasteiger partial charge in [-0.1, -0.05) is 0 Å². The Labute approximate surface area is 209 Å². The average Bonchev–Trinajstić information content (AvgIpc) is 2.75. The van der Waals surface area contributed by atoms with Crippen molar-refractivity contribution in [3.05, 3.63) is 0 Å². The zero-order valence-electron chi connectivity index (χ0n) is 20.8. The summed E-state index contributed by atoms with van der Waals surface area (Å²) in [7, 11) is 0. The molecule has 0 aromatic carbocycles. The van der Waals surface area contributed by atoms with Gasteiger partial charge in [0.15, 0.2) is 0 Å². The fourth-order valence-corrected chi connectivity index (χ4v) is 5.13. The van der Waals surface area contributed by atoms with E-state index < -0.39 is 5.97 Å². The van der Waals surface area contributed by atoms with E-state index in [0.29, 0.717) is 0 Å². The van der Waals surface area contributed by atoms with Gasteiger partial charge < -0.3 is 36.7 Å². The van der Waals surface area contributed by atoms with Gasteiger partial charge in [0.2, 0.25) is 0 Å². The molecule has 192 valence electrons. The molecular formula is C23H49Cl2N5O2. The highest BCUT2D eigenvalue weighted by molar-refractivity contribution is 5.85. The van der Waals surface area contributed by atoms with E-state index >= 15 is 0 Å². The molecule has 0 spiro atoms. The molecule has 3 rings (SSSR count). The Bertz CT molecular complexity index is 481. The van der Waals surface area contributed by atoms with Crippen LogP contribution in [-0.4, -0.2) is 140 Å².